The Morgan fingerprint density at radius 2 is 2.19 bits per heavy atom. The molecule has 4 heteroatoms. The molecule has 4 nitrogen and oxygen atoms in total. The van der Waals surface area contributed by atoms with Gasteiger partial charge >= 0.3 is 5.97 Å². The van der Waals surface area contributed by atoms with Gasteiger partial charge in [0.1, 0.15) is 6.04 Å². The van der Waals surface area contributed by atoms with Crippen LogP contribution in [0.2, 0.25) is 0 Å². The Balaban J connectivity index is 2.60. The predicted octanol–water partition coefficient (Wildman–Crippen LogP) is 1.17. The summed E-state index contributed by atoms with van der Waals surface area (Å²) in [5.41, 5.74) is 0. The van der Waals surface area contributed by atoms with Gasteiger partial charge in [0.25, 0.3) is 0 Å². The van der Waals surface area contributed by atoms with Crippen LogP contribution in [0.25, 0.3) is 0 Å². The first-order chi connectivity index (χ1) is 7.74. The summed E-state index contributed by atoms with van der Waals surface area (Å²) in [5, 5.41) is 9.07. The normalized spacial score (nSPS) is 18.2. The number of aliphatic hydroxyl groups excluding tert-OH is 1. The Hall–Kier alpha value is -0.610. The summed E-state index contributed by atoms with van der Waals surface area (Å²) in [7, 11) is 0. The lowest BCUT2D eigenvalue weighted by Crippen LogP contribution is -2.51. The van der Waals surface area contributed by atoms with Gasteiger partial charge in [0.05, 0.1) is 13.2 Å². The molecule has 1 rings (SSSR count). The smallest absolute Gasteiger partial charge is 0.323 e. The van der Waals surface area contributed by atoms with E-state index in [4.69, 9.17) is 9.84 Å². The number of esters is 1. The standard InChI is InChI=1S/C12H23NO3/c1-3-11(12(15)16-4-2)13(8-9-14)10-6-5-7-10/h10-11,14H,3-9H2,1-2H3. The highest BCUT2D eigenvalue weighted by molar-refractivity contribution is 5.75. The number of nitrogens with zero attached hydrogens (tertiary/aromatic N) is 1. The van der Waals surface area contributed by atoms with Crippen molar-refractivity contribution in [1.29, 1.82) is 0 Å². The third-order valence-corrected chi connectivity index (χ3v) is 3.25. The van der Waals surface area contributed by atoms with Crippen LogP contribution in [-0.2, 0) is 9.53 Å². The molecular weight excluding hydrogens is 206 g/mol. The van der Waals surface area contributed by atoms with E-state index >= 15 is 0 Å². The number of carbonyl (C=O) groups excluding carboxylic acids is 1. The Kier molecular flexibility index (Phi) is 5.77. The van der Waals surface area contributed by atoms with Crippen molar-refractivity contribution in [3.63, 3.8) is 0 Å². The summed E-state index contributed by atoms with van der Waals surface area (Å²) in [5.74, 6) is -0.148. The molecule has 0 saturated heterocycles. The van der Waals surface area contributed by atoms with Crippen molar-refractivity contribution in [2.75, 3.05) is 19.8 Å². The first kappa shape index (κ1) is 13.5. The first-order valence-corrected chi connectivity index (χ1v) is 6.27. The van der Waals surface area contributed by atoms with Crippen LogP contribution in [0.15, 0.2) is 0 Å². The zero-order valence-electron chi connectivity index (χ0n) is 10.3. The Bertz CT molecular complexity index is 216. The van der Waals surface area contributed by atoms with E-state index in [0.29, 0.717) is 19.2 Å². The number of aliphatic hydroxyl groups is 1. The average molecular weight is 229 g/mol. The van der Waals surface area contributed by atoms with E-state index in [1.54, 1.807) is 0 Å². The van der Waals surface area contributed by atoms with E-state index < -0.39 is 0 Å². The zero-order valence-corrected chi connectivity index (χ0v) is 10.3. The molecule has 1 saturated carbocycles. The summed E-state index contributed by atoms with van der Waals surface area (Å²) < 4.78 is 5.08. The Morgan fingerprint density at radius 1 is 1.50 bits per heavy atom. The molecule has 94 valence electrons. The quantitative estimate of drug-likeness (QED) is 0.666. The molecule has 1 atom stereocenters. The number of hydrogen-bond acceptors (Lipinski definition) is 4. The number of ether oxygens (including phenoxy) is 1. The molecule has 1 aliphatic rings. The van der Waals surface area contributed by atoms with Gasteiger partial charge in [-0.1, -0.05) is 13.3 Å². The third-order valence-electron chi connectivity index (χ3n) is 3.25. The maximum absolute atomic E-state index is 11.8. The monoisotopic (exact) mass is 229 g/mol. The van der Waals surface area contributed by atoms with E-state index in [9.17, 15) is 4.79 Å². The summed E-state index contributed by atoms with van der Waals surface area (Å²) in [6, 6.07) is 0.277. The van der Waals surface area contributed by atoms with Crippen LogP contribution in [0.4, 0.5) is 0 Å². The van der Waals surface area contributed by atoms with Crippen molar-refractivity contribution in [3.8, 4) is 0 Å². The zero-order chi connectivity index (χ0) is 12.0. The van der Waals surface area contributed by atoms with Crippen LogP contribution in [0.5, 0.6) is 0 Å². The van der Waals surface area contributed by atoms with Crippen LogP contribution in [0, 0.1) is 0 Å². The molecular formula is C12H23NO3. The number of hydrogen-bond donors (Lipinski definition) is 1. The number of rotatable bonds is 7. The largest absolute Gasteiger partial charge is 0.465 e. The van der Waals surface area contributed by atoms with E-state index in [0.717, 1.165) is 19.3 Å². The molecule has 0 aromatic heterocycles. The predicted molar refractivity (Wildman–Crippen MR) is 62.1 cm³/mol. The second-order valence-corrected chi connectivity index (χ2v) is 4.22. The molecule has 0 radical (unpaired) electrons. The average Bonchev–Trinajstić information content (AvgIpc) is 2.16. The molecule has 16 heavy (non-hydrogen) atoms. The lowest BCUT2D eigenvalue weighted by molar-refractivity contribution is -0.151. The van der Waals surface area contributed by atoms with Crippen LogP contribution in [0.1, 0.15) is 39.5 Å². The molecule has 0 bridgehead atoms. The SMILES string of the molecule is CCOC(=O)C(CC)N(CCO)C1CCC1. The van der Waals surface area contributed by atoms with Crippen molar-refractivity contribution >= 4 is 5.97 Å². The van der Waals surface area contributed by atoms with Crippen LogP contribution in [0.3, 0.4) is 0 Å². The van der Waals surface area contributed by atoms with Gasteiger partial charge in [-0.3, -0.25) is 9.69 Å². The van der Waals surface area contributed by atoms with Gasteiger partial charge in [-0.05, 0) is 26.2 Å². The molecule has 1 N–H and O–H groups in total. The van der Waals surface area contributed by atoms with E-state index in [1.807, 2.05) is 13.8 Å². The summed E-state index contributed by atoms with van der Waals surface area (Å²) >= 11 is 0. The second kappa shape index (κ2) is 6.86. The molecule has 0 spiro atoms. The highest BCUT2D eigenvalue weighted by atomic mass is 16.5. The lowest BCUT2D eigenvalue weighted by atomic mass is 9.90. The van der Waals surface area contributed by atoms with Gasteiger partial charge < -0.3 is 9.84 Å². The van der Waals surface area contributed by atoms with Gasteiger partial charge in [0.15, 0.2) is 0 Å². The highest BCUT2D eigenvalue weighted by Crippen LogP contribution is 2.27. The molecule has 1 aliphatic carbocycles. The van der Waals surface area contributed by atoms with Crippen molar-refractivity contribution in [2.45, 2.75) is 51.6 Å². The van der Waals surface area contributed by atoms with Gasteiger partial charge in [-0.15, -0.1) is 0 Å². The van der Waals surface area contributed by atoms with Gasteiger partial charge in [-0.2, -0.15) is 0 Å². The summed E-state index contributed by atoms with van der Waals surface area (Å²) in [4.78, 5) is 13.9. The molecule has 0 heterocycles. The molecule has 1 fully saturated rings. The first-order valence-electron chi connectivity index (χ1n) is 6.27. The summed E-state index contributed by atoms with van der Waals surface area (Å²) in [6.45, 7) is 4.91. The minimum Gasteiger partial charge on any atom is -0.465 e. The molecule has 0 aromatic carbocycles. The Labute approximate surface area is 97.6 Å². The highest BCUT2D eigenvalue weighted by Gasteiger charge is 2.33. The Morgan fingerprint density at radius 3 is 2.56 bits per heavy atom. The van der Waals surface area contributed by atoms with Gasteiger partial charge in [-0.25, -0.2) is 0 Å². The van der Waals surface area contributed by atoms with Crippen LogP contribution >= 0.6 is 0 Å². The van der Waals surface area contributed by atoms with Crippen molar-refractivity contribution < 1.29 is 14.6 Å². The minimum atomic E-state index is -0.183. The fourth-order valence-electron chi connectivity index (χ4n) is 2.20. The van der Waals surface area contributed by atoms with Crippen molar-refractivity contribution in [2.24, 2.45) is 0 Å². The maximum Gasteiger partial charge on any atom is 0.323 e. The molecule has 0 aromatic rings. The van der Waals surface area contributed by atoms with Crippen LogP contribution < -0.4 is 0 Å². The molecule has 0 amide bonds. The minimum absolute atomic E-state index is 0.104. The lowest BCUT2D eigenvalue weighted by Gasteiger charge is -2.40. The molecule has 1 unspecified atom stereocenters. The maximum atomic E-state index is 11.8. The van der Waals surface area contributed by atoms with E-state index in [-0.39, 0.29) is 18.6 Å². The molecule has 0 aliphatic heterocycles. The van der Waals surface area contributed by atoms with E-state index in [2.05, 4.69) is 4.90 Å². The fraction of sp³-hybridized carbons (Fsp3) is 0.917. The van der Waals surface area contributed by atoms with Gasteiger partial charge in [0, 0.05) is 12.6 Å². The van der Waals surface area contributed by atoms with Crippen LogP contribution in [-0.4, -0.2) is 47.8 Å². The van der Waals surface area contributed by atoms with Gasteiger partial charge in [0.2, 0.25) is 0 Å². The fourth-order valence-corrected chi connectivity index (χ4v) is 2.20. The third kappa shape index (κ3) is 3.19. The van der Waals surface area contributed by atoms with Crippen molar-refractivity contribution in [1.82, 2.24) is 4.90 Å². The van der Waals surface area contributed by atoms with Crippen molar-refractivity contribution in [3.05, 3.63) is 0 Å². The topological polar surface area (TPSA) is 49.8 Å². The number of carbonyl (C=O) groups is 1. The second-order valence-electron chi connectivity index (χ2n) is 4.22. The van der Waals surface area contributed by atoms with E-state index in [1.165, 1.54) is 6.42 Å². The summed E-state index contributed by atoms with van der Waals surface area (Å²) in [6.07, 6.45) is 4.24.